The van der Waals surface area contributed by atoms with E-state index in [4.69, 9.17) is 9.73 Å². The summed E-state index contributed by atoms with van der Waals surface area (Å²) in [6.45, 7) is 8.10. The van der Waals surface area contributed by atoms with E-state index >= 15 is 0 Å². The second-order valence-corrected chi connectivity index (χ2v) is 9.53. The van der Waals surface area contributed by atoms with Gasteiger partial charge < -0.3 is 19.9 Å². The molecule has 4 rings (SSSR count). The zero-order valence-electron chi connectivity index (χ0n) is 20.1. The van der Waals surface area contributed by atoms with E-state index in [1.165, 1.54) is 36.8 Å². The maximum atomic E-state index is 12.6. The fraction of sp³-hybridized carbons (Fsp3) is 0.692. The molecule has 33 heavy (non-hydrogen) atoms. The molecule has 2 fully saturated rings. The van der Waals surface area contributed by atoms with Crippen molar-refractivity contribution < 1.29 is 9.53 Å². The van der Waals surface area contributed by atoms with Crippen LogP contribution in [-0.4, -0.2) is 60.6 Å². The van der Waals surface area contributed by atoms with Crippen molar-refractivity contribution in [1.29, 1.82) is 0 Å². The highest BCUT2D eigenvalue weighted by atomic mass is 127. The van der Waals surface area contributed by atoms with Crippen molar-refractivity contribution in [2.24, 2.45) is 10.9 Å². The molecule has 0 aromatic heterocycles. The summed E-state index contributed by atoms with van der Waals surface area (Å²) >= 11 is 0. The molecule has 1 aromatic carbocycles. The van der Waals surface area contributed by atoms with E-state index in [1.54, 1.807) is 0 Å². The van der Waals surface area contributed by atoms with Gasteiger partial charge in [0, 0.05) is 52.3 Å². The number of hydrogen-bond donors (Lipinski definition) is 1. The first-order valence-electron chi connectivity index (χ1n) is 12.7. The highest BCUT2D eigenvalue weighted by molar-refractivity contribution is 14.0. The van der Waals surface area contributed by atoms with Crippen LogP contribution in [0.3, 0.4) is 0 Å². The van der Waals surface area contributed by atoms with Gasteiger partial charge >= 0.3 is 0 Å². The summed E-state index contributed by atoms with van der Waals surface area (Å²) in [5.41, 5.74) is 2.56. The normalized spacial score (nSPS) is 19.5. The SMILES string of the molecule is CCNC(=NCCCC(=O)N1Cc2ccccc2C1)N1CCC(OCC2CCCC2)CC1.I. The molecule has 7 heteroatoms. The van der Waals surface area contributed by atoms with Gasteiger partial charge in [0.15, 0.2) is 5.96 Å². The van der Waals surface area contributed by atoms with Gasteiger partial charge in [-0.3, -0.25) is 9.79 Å². The molecule has 1 aromatic rings. The largest absolute Gasteiger partial charge is 0.378 e. The molecule has 184 valence electrons. The third kappa shape index (κ3) is 7.57. The zero-order valence-corrected chi connectivity index (χ0v) is 22.5. The van der Waals surface area contributed by atoms with Crippen LogP contribution in [0.4, 0.5) is 0 Å². The molecule has 1 N–H and O–H groups in total. The smallest absolute Gasteiger partial charge is 0.223 e. The molecule has 6 nitrogen and oxygen atoms in total. The van der Waals surface area contributed by atoms with Crippen LogP contribution >= 0.6 is 24.0 Å². The van der Waals surface area contributed by atoms with Crippen molar-refractivity contribution in [1.82, 2.24) is 15.1 Å². The predicted octanol–water partition coefficient (Wildman–Crippen LogP) is 4.56. The van der Waals surface area contributed by atoms with Crippen LogP contribution in [0, 0.1) is 5.92 Å². The molecule has 0 atom stereocenters. The van der Waals surface area contributed by atoms with Crippen molar-refractivity contribution in [3.63, 3.8) is 0 Å². The Morgan fingerprint density at radius 2 is 1.73 bits per heavy atom. The number of piperidine rings is 1. The number of nitrogens with zero attached hydrogens (tertiary/aromatic N) is 3. The molecule has 2 aliphatic heterocycles. The molecule has 1 saturated carbocycles. The number of carbonyl (C=O) groups excluding carboxylic acids is 1. The molecule has 1 aliphatic carbocycles. The topological polar surface area (TPSA) is 57.2 Å². The van der Waals surface area contributed by atoms with Crippen LogP contribution < -0.4 is 5.32 Å². The second-order valence-electron chi connectivity index (χ2n) is 9.53. The predicted molar refractivity (Wildman–Crippen MR) is 144 cm³/mol. The number of hydrogen-bond acceptors (Lipinski definition) is 3. The molecule has 1 amide bonds. The van der Waals surface area contributed by atoms with Crippen LogP contribution in [0.1, 0.15) is 69.4 Å². The number of guanidine groups is 1. The summed E-state index contributed by atoms with van der Waals surface area (Å²) in [6, 6.07) is 8.35. The van der Waals surface area contributed by atoms with Crippen LogP contribution in [0.2, 0.25) is 0 Å². The van der Waals surface area contributed by atoms with Crippen LogP contribution in [0.15, 0.2) is 29.3 Å². The summed E-state index contributed by atoms with van der Waals surface area (Å²) in [5, 5.41) is 3.44. The Hall–Kier alpha value is -1.35. The first-order valence-corrected chi connectivity index (χ1v) is 12.7. The van der Waals surface area contributed by atoms with Gasteiger partial charge in [-0.2, -0.15) is 0 Å². The van der Waals surface area contributed by atoms with Crippen LogP contribution in [-0.2, 0) is 22.6 Å². The van der Waals surface area contributed by atoms with Crippen molar-refractivity contribution in [3.8, 4) is 0 Å². The Balaban J connectivity index is 0.00000306. The number of carbonyl (C=O) groups is 1. The van der Waals surface area contributed by atoms with Gasteiger partial charge in [-0.05, 0) is 56.1 Å². The second kappa shape index (κ2) is 13.5. The molecule has 2 heterocycles. The van der Waals surface area contributed by atoms with Gasteiger partial charge in [0.1, 0.15) is 0 Å². The summed E-state index contributed by atoms with van der Waals surface area (Å²) in [6.07, 6.45) is 9.37. The average Bonchev–Trinajstić information content (AvgIpc) is 3.50. The quantitative estimate of drug-likeness (QED) is 0.216. The highest BCUT2D eigenvalue weighted by Crippen LogP contribution is 2.26. The molecule has 0 bridgehead atoms. The van der Waals surface area contributed by atoms with E-state index < -0.39 is 0 Å². The Morgan fingerprint density at radius 1 is 1.06 bits per heavy atom. The van der Waals surface area contributed by atoms with Gasteiger partial charge in [0.25, 0.3) is 0 Å². The van der Waals surface area contributed by atoms with Crippen molar-refractivity contribution in [2.75, 3.05) is 32.8 Å². The minimum atomic E-state index is 0. The number of benzene rings is 1. The van der Waals surface area contributed by atoms with Gasteiger partial charge in [-0.1, -0.05) is 37.1 Å². The van der Waals surface area contributed by atoms with Gasteiger partial charge in [0.05, 0.1) is 6.10 Å². The molecule has 3 aliphatic rings. The lowest BCUT2D eigenvalue weighted by Gasteiger charge is -2.34. The minimum Gasteiger partial charge on any atom is -0.378 e. The number of likely N-dealkylation sites (tertiary alicyclic amines) is 1. The number of amides is 1. The summed E-state index contributed by atoms with van der Waals surface area (Å²) in [4.78, 5) is 21.8. The fourth-order valence-electron chi connectivity index (χ4n) is 5.19. The molecule has 0 unspecified atom stereocenters. The lowest BCUT2D eigenvalue weighted by atomic mass is 10.1. The van der Waals surface area contributed by atoms with Gasteiger partial charge in [-0.15, -0.1) is 24.0 Å². The Morgan fingerprint density at radius 3 is 2.36 bits per heavy atom. The molecular formula is C26H41IN4O2. The molecule has 0 radical (unpaired) electrons. The summed E-state index contributed by atoms with van der Waals surface area (Å²) in [5.74, 6) is 2.02. The van der Waals surface area contributed by atoms with Crippen molar-refractivity contribution >= 4 is 35.8 Å². The minimum absolute atomic E-state index is 0. The Bertz CT molecular complexity index is 748. The Labute approximate surface area is 216 Å². The zero-order chi connectivity index (χ0) is 22.2. The van der Waals surface area contributed by atoms with Crippen molar-refractivity contribution in [3.05, 3.63) is 35.4 Å². The highest BCUT2D eigenvalue weighted by Gasteiger charge is 2.24. The number of halogens is 1. The van der Waals surface area contributed by atoms with Crippen LogP contribution in [0.5, 0.6) is 0 Å². The van der Waals surface area contributed by atoms with Crippen molar-refractivity contribution in [2.45, 2.75) is 77.5 Å². The fourth-order valence-corrected chi connectivity index (χ4v) is 5.19. The number of aliphatic imine (C=N–C) groups is 1. The lowest BCUT2D eigenvalue weighted by Crippen LogP contribution is -2.47. The monoisotopic (exact) mass is 568 g/mol. The number of rotatable bonds is 8. The van der Waals surface area contributed by atoms with E-state index in [0.717, 1.165) is 70.5 Å². The number of nitrogens with one attached hydrogen (secondary N) is 1. The first kappa shape index (κ1) is 26.3. The van der Waals surface area contributed by atoms with E-state index in [-0.39, 0.29) is 29.9 Å². The molecular weight excluding hydrogens is 527 g/mol. The van der Waals surface area contributed by atoms with E-state index in [1.807, 2.05) is 17.0 Å². The van der Waals surface area contributed by atoms with E-state index in [9.17, 15) is 4.79 Å². The average molecular weight is 569 g/mol. The third-order valence-corrected chi connectivity index (χ3v) is 7.12. The molecule has 1 saturated heterocycles. The van der Waals surface area contributed by atoms with E-state index in [2.05, 4.69) is 29.3 Å². The van der Waals surface area contributed by atoms with Gasteiger partial charge in [-0.25, -0.2) is 0 Å². The number of ether oxygens (including phenoxy) is 1. The van der Waals surface area contributed by atoms with Gasteiger partial charge in [0.2, 0.25) is 5.91 Å². The van der Waals surface area contributed by atoms with E-state index in [0.29, 0.717) is 19.1 Å². The molecule has 0 spiro atoms. The maximum absolute atomic E-state index is 12.6. The standard InChI is InChI=1S/C26H40N4O2.HI/c1-2-27-26(29-16-13-24(14-17-29)32-20-21-8-3-4-9-21)28-15-7-12-25(31)30-18-22-10-5-6-11-23(22)19-30;/h5-6,10-11,21,24H,2-4,7-9,12-20H2,1H3,(H,27,28);1H. The summed E-state index contributed by atoms with van der Waals surface area (Å²) in [7, 11) is 0. The maximum Gasteiger partial charge on any atom is 0.223 e. The number of fused-ring (bicyclic) bond motifs is 1. The third-order valence-electron chi connectivity index (χ3n) is 7.12. The Kier molecular flexibility index (Phi) is 10.8. The lowest BCUT2D eigenvalue weighted by molar-refractivity contribution is -0.131. The van der Waals surface area contributed by atoms with Crippen LogP contribution in [0.25, 0.3) is 0 Å². The first-order chi connectivity index (χ1) is 15.7. The summed E-state index contributed by atoms with van der Waals surface area (Å²) < 4.78 is 6.22.